The van der Waals surface area contributed by atoms with E-state index < -0.39 is 0 Å². The van der Waals surface area contributed by atoms with Gasteiger partial charge in [0.05, 0.1) is 5.69 Å². The monoisotopic (exact) mass is 303 g/mol. The van der Waals surface area contributed by atoms with E-state index in [1.165, 1.54) is 11.3 Å². The van der Waals surface area contributed by atoms with Crippen molar-refractivity contribution < 1.29 is 4.79 Å². The van der Waals surface area contributed by atoms with E-state index in [4.69, 9.17) is 5.73 Å². The lowest BCUT2D eigenvalue weighted by Gasteiger charge is -2.23. The number of anilines is 1. The second-order valence-corrected chi connectivity index (χ2v) is 6.82. The summed E-state index contributed by atoms with van der Waals surface area (Å²) in [5, 5.41) is 0.946. The van der Waals surface area contributed by atoms with Crippen molar-refractivity contribution in [1.29, 1.82) is 0 Å². The predicted molar refractivity (Wildman–Crippen MR) is 87.9 cm³/mol. The van der Waals surface area contributed by atoms with Crippen LogP contribution in [0.25, 0.3) is 10.1 Å². The van der Waals surface area contributed by atoms with Crippen molar-refractivity contribution >= 4 is 33.0 Å². The summed E-state index contributed by atoms with van der Waals surface area (Å²) in [6.07, 6.45) is 3.21. The van der Waals surface area contributed by atoms with Gasteiger partial charge in [-0.05, 0) is 39.2 Å². The van der Waals surface area contributed by atoms with E-state index in [0.29, 0.717) is 16.6 Å². The molecule has 0 saturated carbocycles. The third-order valence-corrected chi connectivity index (χ3v) is 5.46. The lowest BCUT2D eigenvalue weighted by Crippen LogP contribution is -2.34. The lowest BCUT2D eigenvalue weighted by molar-refractivity contribution is 0.0739. The maximum Gasteiger partial charge on any atom is 0.266 e. The van der Waals surface area contributed by atoms with Crippen LogP contribution in [0, 0.1) is 13.8 Å². The minimum Gasteiger partial charge on any atom is -0.397 e. The van der Waals surface area contributed by atoms with Gasteiger partial charge in [0.25, 0.3) is 5.91 Å². The summed E-state index contributed by atoms with van der Waals surface area (Å²) < 4.78 is 1.06. The van der Waals surface area contributed by atoms with Gasteiger partial charge in [0, 0.05) is 34.1 Å². The molecule has 0 radical (unpaired) electrons. The van der Waals surface area contributed by atoms with Crippen LogP contribution in [0.4, 0.5) is 5.69 Å². The topological polar surface area (TPSA) is 59.2 Å². The molecule has 1 aliphatic rings. The highest BCUT2D eigenvalue weighted by Crippen LogP contribution is 2.37. The van der Waals surface area contributed by atoms with Crippen LogP contribution in [-0.4, -0.2) is 28.4 Å². The summed E-state index contributed by atoms with van der Waals surface area (Å²) in [4.78, 5) is 20.0. The van der Waals surface area contributed by atoms with Crippen molar-refractivity contribution in [2.45, 2.75) is 46.1 Å². The number of nitrogens with two attached hydrogens (primary N) is 1. The Hall–Kier alpha value is -1.62. The molecule has 0 aliphatic carbocycles. The first-order chi connectivity index (χ1) is 10.0. The number of carbonyl (C=O) groups excluding carboxylic acids is 1. The van der Waals surface area contributed by atoms with Crippen LogP contribution in [0.3, 0.4) is 0 Å². The number of hydrogen-bond donors (Lipinski definition) is 1. The zero-order valence-electron chi connectivity index (χ0n) is 12.8. The van der Waals surface area contributed by atoms with E-state index in [1.807, 2.05) is 24.8 Å². The number of nitrogens with zero attached hydrogens (tertiary/aromatic N) is 2. The number of hydrogen-bond acceptors (Lipinski definition) is 4. The molecule has 1 atom stereocenters. The van der Waals surface area contributed by atoms with Crippen molar-refractivity contribution in [2.24, 2.45) is 0 Å². The highest BCUT2D eigenvalue weighted by atomic mass is 32.1. The maximum atomic E-state index is 12.8. The standard InChI is InChI=1S/C16H21N3OS/c1-4-11-6-5-7-19(11)16(20)15-14(17)13-10(3)18-9(2)8-12(13)21-15/h8,11H,4-7,17H2,1-3H3. The highest BCUT2D eigenvalue weighted by Gasteiger charge is 2.30. The predicted octanol–water partition coefficient (Wildman–Crippen LogP) is 3.51. The van der Waals surface area contributed by atoms with Crippen LogP contribution in [0.1, 0.15) is 47.2 Å². The number of rotatable bonds is 2. The van der Waals surface area contributed by atoms with Gasteiger partial charge in [0.1, 0.15) is 4.88 Å². The van der Waals surface area contributed by atoms with E-state index >= 15 is 0 Å². The molecule has 1 aliphatic heterocycles. The fourth-order valence-corrected chi connectivity index (χ4v) is 4.52. The smallest absolute Gasteiger partial charge is 0.266 e. The number of carbonyl (C=O) groups is 1. The van der Waals surface area contributed by atoms with Crippen LogP contribution in [0.5, 0.6) is 0 Å². The van der Waals surface area contributed by atoms with Gasteiger partial charge in [-0.1, -0.05) is 6.92 Å². The third-order valence-electron chi connectivity index (χ3n) is 4.32. The van der Waals surface area contributed by atoms with Gasteiger partial charge < -0.3 is 10.6 Å². The Balaban J connectivity index is 2.06. The van der Waals surface area contributed by atoms with Crippen molar-refractivity contribution in [3.05, 3.63) is 22.3 Å². The Bertz CT molecular complexity index is 707. The molecule has 2 aromatic rings. The number of amides is 1. The molecule has 2 aromatic heterocycles. The van der Waals surface area contributed by atoms with Crippen molar-refractivity contribution in [2.75, 3.05) is 12.3 Å². The minimum absolute atomic E-state index is 0.0927. The lowest BCUT2D eigenvalue weighted by atomic mass is 10.1. The summed E-state index contributed by atoms with van der Waals surface area (Å²) in [7, 11) is 0. The average molecular weight is 303 g/mol. The Morgan fingerprint density at radius 2 is 2.29 bits per heavy atom. The number of fused-ring (bicyclic) bond motifs is 1. The van der Waals surface area contributed by atoms with Crippen molar-refractivity contribution in [3.63, 3.8) is 0 Å². The molecule has 112 valence electrons. The van der Waals surface area contributed by atoms with E-state index in [-0.39, 0.29) is 5.91 Å². The molecule has 0 aromatic carbocycles. The SMILES string of the molecule is CCC1CCCN1C(=O)c1sc2cc(C)nc(C)c2c1N. The summed E-state index contributed by atoms with van der Waals surface area (Å²) >= 11 is 1.50. The molecule has 1 saturated heterocycles. The van der Waals surface area contributed by atoms with Crippen molar-refractivity contribution in [1.82, 2.24) is 9.88 Å². The molecule has 1 unspecified atom stereocenters. The number of pyridine rings is 1. The maximum absolute atomic E-state index is 12.8. The summed E-state index contributed by atoms with van der Waals surface area (Å²) in [6, 6.07) is 2.38. The summed E-state index contributed by atoms with van der Waals surface area (Å²) in [5.41, 5.74) is 8.75. The number of aromatic nitrogens is 1. The molecule has 1 amide bonds. The van der Waals surface area contributed by atoms with E-state index in [9.17, 15) is 4.79 Å². The third kappa shape index (κ3) is 2.29. The first kappa shape index (κ1) is 14.3. The second kappa shape index (κ2) is 5.30. The molecule has 5 heteroatoms. The molecule has 3 heterocycles. The zero-order chi connectivity index (χ0) is 15.1. The molecule has 0 spiro atoms. The molecule has 0 bridgehead atoms. The summed E-state index contributed by atoms with van der Waals surface area (Å²) in [5.74, 6) is 0.0927. The van der Waals surface area contributed by atoms with Gasteiger partial charge in [-0.2, -0.15) is 0 Å². The van der Waals surface area contributed by atoms with Gasteiger partial charge in [0.15, 0.2) is 0 Å². The van der Waals surface area contributed by atoms with Crippen LogP contribution in [0.2, 0.25) is 0 Å². The average Bonchev–Trinajstić information content (AvgIpc) is 3.02. The highest BCUT2D eigenvalue weighted by molar-refractivity contribution is 7.21. The first-order valence-corrected chi connectivity index (χ1v) is 8.31. The Morgan fingerprint density at radius 3 is 3.00 bits per heavy atom. The summed E-state index contributed by atoms with van der Waals surface area (Å²) in [6.45, 7) is 6.91. The van der Waals surface area contributed by atoms with Crippen LogP contribution < -0.4 is 5.73 Å². The Kier molecular flexibility index (Phi) is 3.61. The molecule has 4 nitrogen and oxygen atoms in total. The fourth-order valence-electron chi connectivity index (χ4n) is 3.30. The zero-order valence-corrected chi connectivity index (χ0v) is 13.6. The van der Waals surface area contributed by atoms with Gasteiger partial charge in [-0.3, -0.25) is 9.78 Å². The number of likely N-dealkylation sites (tertiary alicyclic amines) is 1. The van der Waals surface area contributed by atoms with Gasteiger partial charge in [0.2, 0.25) is 0 Å². The molecule has 2 N–H and O–H groups in total. The largest absolute Gasteiger partial charge is 0.397 e. The fraction of sp³-hybridized carbons (Fsp3) is 0.500. The van der Waals surface area contributed by atoms with E-state index in [0.717, 1.165) is 47.3 Å². The number of aryl methyl sites for hydroxylation is 2. The van der Waals surface area contributed by atoms with Crippen LogP contribution in [-0.2, 0) is 0 Å². The van der Waals surface area contributed by atoms with Crippen LogP contribution in [0.15, 0.2) is 6.07 Å². The normalized spacial score (nSPS) is 18.6. The van der Waals surface area contributed by atoms with Crippen molar-refractivity contribution in [3.8, 4) is 0 Å². The molecular weight excluding hydrogens is 282 g/mol. The second-order valence-electron chi connectivity index (χ2n) is 5.77. The van der Waals surface area contributed by atoms with E-state index in [2.05, 4.69) is 11.9 Å². The molecule has 21 heavy (non-hydrogen) atoms. The van der Waals surface area contributed by atoms with Gasteiger partial charge in [-0.25, -0.2) is 0 Å². The van der Waals surface area contributed by atoms with E-state index in [1.54, 1.807) is 0 Å². The molecule has 3 rings (SSSR count). The van der Waals surface area contributed by atoms with Crippen LogP contribution >= 0.6 is 11.3 Å². The first-order valence-electron chi connectivity index (χ1n) is 7.50. The Labute approximate surface area is 129 Å². The van der Waals surface area contributed by atoms with Gasteiger partial charge >= 0.3 is 0 Å². The number of nitrogen functional groups attached to an aromatic ring is 1. The van der Waals surface area contributed by atoms with Gasteiger partial charge in [-0.15, -0.1) is 11.3 Å². The minimum atomic E-state index is 0.0927. The molecular formula is C16H21N3OS. The number of thiophene rings is 1. The Morgan fingerprint density at radius 1 is 1.52 bits per heavy atom. The quantitative estimate of drug-likeness (QED) is 0.923. The molecule has 1 fully saturated rings.